The van der Waals surface area contributed by atoms with E-state index in [1.54, 1.807) is 35.2 Å². The van der Waals surface area contributed by atoms with Gasteiger partial charge in [-0.05, 0) is 40.6 Å². The monoisotopic (exact) mass is 586 g/mol. The quantitative estimate of drug-likeness (QED) is 0.259. The number of amides is 1. The summed E-state index contributed by atoms with van der Waals surface area (Å²) in [5, 5.41) is 4.99. The highest BCUT2D eigenvalue weighted by atomic mass is 32.2. The molecule has 0 saturated heterocycles. The van der Waals surface area contributed by atoms with Gasteiger partial charge in [-0.1, -0.05) is 54.6 Å². The van der Waals surface area contributed by atoms with Crippen molar-refractivity contribution in [1.29, 1.82) is 0 Å². The average Bonchev–Trinajstić information content (AvgIpc) is 3.37. The van der Waals surface area contributed by atoms with Crippen LogP contribution in [0.15, 0.2) is 107 Å². The number of nitrogens with one attached hydrogen (secondary N) is 1. The van der Waals surface area contributed by atoms with Crippen LogP contribution in [0, 0.1) is 0 Å². The number of fused-ring (bicyclic) bond motifs is 1. The van der Waals surface area contributed by atoms with Crippen LogP contribution in [-0.4, -0.2) is 43.5 Å². The van der Waals surface area contributed by atoms with Crippen molar-refractivity contribution in [3.8, 4) is 0 Å². The number of esters is 1. The molecule has 0 radical (unpaired) electrons. The van der Waals surface area contributed by atoms with Crippen LogP contribution in [0.2, 0.25) is 0 Å². The summed E-state index contributed by atoms with van der Waals surface area (Å²) in [5.41, 5.74) is 1.41. The minimum Gasteiger partial charge on any atom is -0.465 e. The van der Waals surface area contributed by atoms with E-state index < -0.39 is 16.0 Å². The normalized spacial score (nSPS) is 11.9. The molecule has 3 aromatic carbocycles. The minimum atomic E-state index is -4.27. The van der Waals surface area contributed by atoms with Crippen molar-refractivity contribution in [2.75, 3.05) is 13.7 Å². The second-order valence-corrected chi connectivity index (χ2v) is 11.7. The third-order valence-electron chi connectivity index (χ3n) is 6.36. The minimum absolute atomic E-state index is 0.0880. The van der Waals surface area contributed by atoms with Crippen molar-refractivity contribution in [1.82, 2.24) is 14.9 Å². The first-order valence-corrected chi connectivity index (χ1v) is 14.9. The van der Waals surface area contributed by atoms with E-state index in [1.165, 1.54) is 36.6 Å². The summed E-state index contributed by atoms with van der Waals surface area (Å²) in [6.07, 6.45) is 5.42. The lowest BCUT2D eigenvalue weighted by Gasteiger charge is -2.08. The number of methoxy groups -OCH3 is 1. The van der Waals surface area contributed by atoms with E-state index in [0.29, 0.717) is 25.1 Å². The van der Waals surface area contributed by atoms with Crippen LogP contribution in [0.25, 0.3) is 10.8 Å². The molecule has 5 aromatic rings. The van der Waals surface area contributed by atoms with Crippen molar-refractivity contribution in [2.45, 2.75) is 17.9 Å². The van der Waals surface area contributed by atoms with Gasteiger partial charge in [0.1, 0.15) is 4.90 Å². The Morgan fingerprint density at radius 2 is 1.71 bits per heavy atom. The molecule has 0 fully saturated rings. The van der Waals surface area contributed by atoms with Gasteiger partial charge in [0, 0.05) is 42.0 Å². The van der Waals surface area contributed by atoms with Gasteiger partial charge in [-0.2, -0.15) is 8.42 Å². The van der Waals surface area contributed by atoms with Gasteiger partial charge in [0.25, 0.3) is 15.9 Å². The van der Waals surface area contributed by atoms with Gasteiger partial charge in [-0.25, -0.2) is 4.79 Å². The molecule has 0 aliphatic rings. The predicted octanol–water partition coefficient (Wildman–Crippen LogP) is 4.19. The summed E-state index contributed by atoms with van der Waals surface area (Å²) in [4.78, 5) is 29.5. The second-order valence-electron chi connectivity index (χ2n) is 9.04. The predicted molar refractivity (Wildman–Crippen MR) is 156 cm³/mol. The lowest BCUT2D eigenvalue weighted by Crippen LogP contribution is -2.25. The summed E-state index contributed by atoms with van der Waals surface area (Å²) in [5.74, 6) is -0.987. The Balaban J connectivity index is 1.51. The highest BCUT2D eigenvalue weighted by Crippen LogP contribution is 2.21. The van der Waals surface area contributed by atoms with Crippen LogP contribution in [-0.2, 0) is 27.7 Å². The van der Waals surface area contributed by atoms with Gasteiger partial charge in [0.15, 0.2) is 0 Å². The SMILES string of the molecule is COC(=O)c1ccccc1S(=O)(=O)N=c1sc(CCNC(=O)c2ccncc2)cn1Cc1cccc2ccccc12. The van der Waals surface area contributed by atoms with Gasteiger partial charge >= 0.3 is 5.97 Å². The van der Waals surface area contributed by atoms with E-state index in [4.69, 9.17) is 4.74 Å². The maximum Gasteiger partial charge on any atom is 0.339 e. The fourth-order valence-electron chi connectivity index (χ4n) is 4.37. The lowest BCUT2D eigenvalue weighted by molar-refractivity contribution is 0.0596. The first-order valence-electron chi connectivity index (χ1n) is 12.7. The number of pyridine rings is 1. The standard InChI is InChI=1S/C30H26N4O5S2/c1-39-29(36)26-11-4-5-12-27(26)41(37,38)33-30-34(19-23-9-6-8-21-7-2-3-10-25(21)23)20-24(40-30)15-18-32-28(35)22-13-16-31-17-14-22/h2-14,16-17,20H,15,18-19H2,1H3,(H,32,35). The van der Waals surface area contributed by atoms with Crippen molar-refractivity contribution in [3.63, 3.8) is 0 Å². The van der Waals surface area contributed by atoms with Crippen LogP contribution >= 0.6 is 11.3 Å². The molecule has 2 aromatic heterocycles. The molecule has 41 heavy (non-hydrogen) atoms. The Hall–Kier alpha value is -4.61. The van der Waals surface area contributed by atoms with Gasteiger partial charge in [-0.3, -0.25) is 9.78 Å². The molecule has 9 nitrogen and oxygen atoms in total. The molecule has 0 aliphatic carbocycles. The van der Waals surface area contributed by atoms with E-state index in [2.05, 4.69) is 14.7 Å². The number of nitrogens with zero attached hydrogens (tertiary/aromatic N) is 3. The zero-order valence-corrected chi connectivity index (χ0v) is 23.7. The zero-order chi connectivity index (χ0) is 28.8. The van der Waals surface area contributed by atoms with Gasteiger partial charge in [-0.15, -0.1) is 15.7 Å². The largest absolute Gasteiger partial charge is 0.465 e. The summed E-state index contributed by atoms with van der Waals surface area (Å²) >= 11 is 1.21. The molecule has 0 bridgehead atoms. The molecule has 11 heteroatoms. The van der Waals surface area contributed by atoms with Crippen LogP contribution in [0.1, 0.15) is 31.2 Å². The molecule has 208 valence electrons. The van der Waals surface area contributed by atoms with Crippen molar-refractivity contribution in [2.24, 2.45) is 4.40 Å². The summed E-state index contributed by atoms with van der Waals surface area (Å²) in [7, 11) is -3.08. The fraction of sp³-hybridized carbons (Fsp3) is 0.133. The summed E-state index contributed by atoms with van der Waals surface area (Å²) in [6.45, 7) is 0.710. The Labute approximate surface area is 240 Å². The molecule has 0 spiro atoms. The number of aromatic nitrogens is 2. The summed E-state index contributed by atoms with van der Waals surface area (Å²) in [6, 6.07) is 23.0. The Morgan fingerprint density at radius 3 is 2.51 bits per heavy atom. The molecule has 0 saturated carbocycles. The van der Waals surface area contributed by atoms with Crippen molar-refractivity contribution >= 4 is 44.0 Å². The first kappa shape index (κ1) is 27.9. The number of benzene rings is 3. The number of carbonyl (C=O) groups excluding carboxylic acids is 2. The molecule has 1 N–H and O–H groups in total. The molecule has 2 heterocycles. The van der Waals surface area contributed by atoms with Gasteiger partial charge in [0.2, 0.25) is 4.80 Å². The van der Waals surface area contributed by atoms with Crippen LogP contribution < -0.4 is 10.1 Å². The molecule has 0 aliphatic heterocycles. The Bertz CT molecular complexity index is 1890. The highest BCUT2D eigenvalue weighted by Gasteiger charge is 2.23. The average molecular weight is 587 g/mol. The number of hydrogen-bond donors (Lipinski definition) is 1. The van der Waals surface area contributed by atoms with Gasteiger partial charge in [0.05, 0.1) is 19.2 Å². The molecule has 5 rings (SSSR count). The number of rotatable bonds is 9. The Morgan fingerprint density at radius 1 is 0.976 bits per heavy atom. The van der Waals surface area contributed by atoms with Crippen LogP contribution in [0.4, 0.5) is 0 Å². The number of carbonyl (C=O) groups is 2. The van der Waals surface area contributed by atoms with E-state index in [0.717, 1.165) is 21.2 Å². The second kappa shape index (κ2) is 12.3. The van der Waals surface area contributed by atoms with Crippen LogP contribution in [0.3, 0.4) is 0 Å². The molecular formula is C30H26N4O5S2. The molecule has 1 amide bonds. The number of thiazole rings is 1. The Kier molecular flexibility index (Phi) is 8.37. The van der Waals surface area contributed by atoms with E-state index in [-0.39, 0.29) is 21.2 Å². The molecule has 0 atom stereocenters. The molecular weight excluding hydrogens is 560 g/mol. The zero-order valence-electron chi connectivity index (χ0n) is 22.1. The van der Waals surface area contributed by atoms with E-state index in [1.807, 2.05) is 48.7 Å². The lowest BCUT2D eigenvalue weighted by atomic mass is 10.0. The number of sulfonamides is 1. The van der Waals surface area contributed by atoms with Crippen molar-refractivity contribution < 1.29 is 22.7 Å². The number of hydrogen-bond acceptors (Lipinski definition) is 7. The highest BCUT2D eigenvalue weighted by molar-refractivity contribution is 7.90. The summed E-state index contributed by atoms with van der Waals surface area (Å²) < 4.78 is 37.7. The third kappa shape index (κ3) is 6.42. The smallest absolute Gasteiger partial charge is 0.339 e. The van der Waals surface area contributed by atoms with E-state index in [9.17, 15) is 18.0 Å². The molecule has 0 unspecified atom stereocenters. The van der Waals surface area contributed by atoms with Crippen molar-refractivity contribution in [3.05, 3.63) is 124 Å². The third-order valence-corrected chi connectivity index (χ3v) is 8.88. The number of ether oxygens (including phenoxy) is 1. The topological polar surface area (TPSA) is 120 Å². The maximum atomic E-state index is 13.5. The van der Waals surface area contributed by atoms with E-state index >= 15 is 0 Å². The fourth-order valence-corrected chi connectivity index (χ4v) is 6.76. The van der Waals surface area contributed by atoms with Gasteiger partial charge < -0.3 is 14.6 Å². The first-order chi connectivity index (χ1) is 19.9. The van der Waals surface area contributed by atoms with Crippen LogP contribution in [0.5, 0.6) is 0 Å². The maximum absolute atomic E-state index is 13.5.